The first kappa shape index (κ1) is 102. The second-order valence-corrected chi connectivity index (χ2v) is 31.1. The van der Waals surface area contributed by atoms with Gasteiger partial charge in [0.2, 0.25) is 23.6 Å². The monoisotopic (exact) mass is 1800 g/mol. The minimum atomic E-state index is -3.16. The van der Waals surface area contributed by atoms with Crippen LogP contribution in [-0.4, -0.2) is 519 Å². The molecule has 0 aromatic rings. The van der Waals surface area contributed by atoms with Crippen molar-refractivity contribution in [2.75, 3.05) is 52.9 Å². The van der Waals surface area contributed by atoms with E-state index >= 15 is 0 Å². The fraction of sp³-hybridized carbons (Fsp3) is 0.912. The van der Waals surface area contributed by atoms with E-state index in [0.717, 1.165) is 27.7 Å². The van der Waals surface area contributed by atoms with Gasteiger partial charge in [-0.3, -0.25) is 19.2 Å². The molecule has 0 aromatic carbocycles. The number of carboxylic acid groups (broad SMARTS) is 2. The molecule has 9 aliphatic rings. The molecule has 0 saturated carbocycles. The smallest absolute Gasteiger partial charge is 0.364 e. The molecule has 0 aromatic heterocycles. The summed E-state index contributed by atoms with van der Waals surface area (Å²) in [7, 11) is 0. The number of carbonyl (C=O) groups excluding carboxylic acids is 4. The average Bonchev–Trinajstić information content (AvgIpc) is 0.767. The molecule has 9 fully saturated rings. The molecule has 0 radical (unpaired) electrons. The molecule has 55 nitrogen and oxygen atoms in total. The number of hydrogen-bond donors (Lipinski definition) is 32. The summed E-state index contributed by atoms with van der Waals surface area (Å²) in [5.74, 6) is -14.1. The minimum absolute atomic E-state index is 0.838. The highest BCUT2D eigenvalue weighted by molar-refractivity contribution is 5.78. The summed E-state index contributed by atoms with van der Waals surface area (Å²) < 4.78 is 99.3. The van der Waals surface area contributed by atoms with Crippen LogP contribution in [0.4, 0.5) is 0 Å². The van der Waals surface area contributed by atoms with Gasteiger partial charge >= 0.3 is 11.9 Å². The van der Waals surface area contributed by atoms with Crippen LogP contribution in [0.3, 0.4) is 0 Å². The van der Waals surface area contributed by atoms with Gasteiger partial charge in [0, 0.05) is 40.5 Å². The van der Waals surface area contributed by atoms with Crippen molar-refractivity contribution in [3.05, 3.63) is 0 Å². The van der Waals surface area contributed by atoms with E-state index in [2.05, 4.69) is 21.3 Å². The molecule has 9 heterocycles. The molecular formula is C68H112N4O51. The fourth-order valence-electron chi connectivity index (χ4n) is 15.6. The van der Waals surface area contributed by atoms with Gasteiger partial charge in [-0.1, -0.05) is 0 Å². The minimum Gasteiger partial charge on any atom is -0.477 e. The molecule has 47 atom stereocenters. The van der Waals surface area contributed by atoms with Crippen LogP contribution in [0, 0.1) is 0 Å². The summed E-state index contributed by atoms with van der Waals surface area (Å²) in [4.78, 5) is 76.8. The average molecular weight is 1800 g/mol. The van der Waals surface area contributed by atoms with Crippen LogP contribution in [0.15, 0.2) is 0 Å². The quantitative estimate of drug-likeness (QED) is 0.0284. The SMILES string of the molecule is CC(=O)N[C@H]1[C@H](OC[C@H]2O[C@@H](O[C@H]3[C@H](O)[C@@H](O)C(O)O[C@@H]3CO)[C@H](O)[C@@H](O[C@@H]3O[C@H](CO)[C@@H](O[C@@H]4O[C@H](CO[C@]5(C(=O)O)C[C@H](O)[C@@H](NC(C)=O)[C@H]([C@H](O)[C@H](O)CO)O5)[C@H](O)[C@H](O)[C@H]4O[C@@H]4O[C@@H](C)[C@@H](O)[C@@H](O)[C@@H]4O)[C@H](O)[C@H]3NC(C)=O)[C@H]2O)O[C@H](CO)[C@@H](OC2O[C@H](CO[C@]3(C(=O)O)C[C@H](O)[C@@H](NC(C)=O)[C@H]([C@H](O)[C@H](O)CO)O3)[C@H](O)[C@H](O)[C@H]2O)[C@@H]1O. The number of aliphatic hydroxyl groups is 26. The standard InChI is InChI=1S/C68H112N4O51/c1-16-35(86)43(94)48(99)61(110-16)121-57-45(96)39(90)30(15-109-68(66(105)106)7-22(83)32(70-18(3)79)55(123-68)37(88)24(85)9-74)116-64(57)119-52-27(12-77)113-60(34(42(52)93)72-20(5)81)120-56-40(91)28(114-63(50(56)101)118-53-25(10-75)111-58(102)47(98)46(53)97)13-107-59-33(71-19(4)80)41(92)51(26(11-76)112-59)117-62-49(100)44(95)38(89)29(115-62)14-108-67(65(103)104)6-21(82)31(69-17(2)78)54(122-67)36(87)23(84)8-73/h16,21-64,73-77,82-102H,6-15H2,1-5H3,(H,69,78)(H,70,79)(H,71,80)(H,72,81)(H,103,104)(H,105,106)/t16-,21-,22-,23+,24+,25+,26+,27+,28+,29+,30+,31+,32+,33+,34+,35+,36+,37+,38-,39-,40-,41+,42+,43+,44-,45-,46+,47+,48-,49+,50+,51+,52+,53+,54+,55+,56-,57+,58?,59+,60-,61-,62?,63-,64-,67+,68+/m0/s1. The first-order chi connectivity index (χ1) is 57.7. The fourth-order valence-corrected chi connectivity index (χ4v) is 15.6. The molecule has 0 spiro atoms. The van der Waals surface area contributed by atoms with Crippen molar-refractivity contribution in [3.63, 3.8) is 0 Å². The van der Waals surface area contributed by atoms with Crippen molar-refractivity contribution in [2.45, 2.75) is 335 Å². The third kappa shape index (κ3) is 22.6. The van der Waals surface area contributed by atoms with E-state index in [9.17, 15) is 172 Å². The number of amides is 4. The first-order valence-electron chi connectivity index (χ1n) is 38.7. The number of hydrogen-bond acceptors (Lipinski definition) is 49. The number of aliphatic hydroxyl groups excluding tert-OH is 26. The zero-order valence-corrected chi connectivity index (χ0v) is 66.0. The molecule has 0 bridgehead atoms. The van der Waals surface area contributed by atoms with Gasteiger partial charge in [-0.25, -0.2) is 9.59 Å². The third-order valence-electron chi connectivity index (χ3n) is 22.3. The molecule has 710 valence electrons. The second kappa shape index (κ2) is 43.2. The lowest BCUT2D eigenvalue weighted by atomic mass is 9.88. The lowest BCUT2D eigenvalue weighted by molar-refractivity contribution is -0.395. The number of rotatable bonds is 34. The van der Waals surface area contributed by atoms with Crippen LogP contribution in [0.2, 0.25) is 0 Å². The van der Waals surface area contributed by atoms with E-state index in [-0.39, 0.29) is 0 Å². The highest BCUT2D eigenvalue weighted by Gasteiger charge is 2.63. The van der Waals surface area contributed by atoms with E-state index in [1.165, 1.54) is 6.92 Å². The predicted octanol–water partition coefficient (Wildman–Crippen LogP) is -20.6. The maximum Gasteiger partial charge on any atom is 0.364 e. The Bertz CT molecular complexity index is 3430. The lowest BCUT2D eigenvalue weighted by Gasteiger charge is -2.51. The maximum absolute atomic E-state index is 13.3. The molecule has 123 heavy (non-hydrogen) atoms. The largest absolute Gasteiger partial charge is 0.477 e. The van der Waals surface area contributed by atoms with Crippen LogP contribution >= 0.6 is 0 Å². The Balaban J connectivity index is 0.980. The van der Waals surface area contributed by atoms with E-state index < -0.39 is 389 Å². The van der Waals surface area contributed by atoms with Crippen LogP contribution in [0.25, 0.3) is 0 Å². The van der Waals surface area contributed by atoms with Crippen LogP contribution in [0.5, 0.6) is 0 Å². The van der Waals surface area contributed by atoms with Crippen molar-refractivity contribution >= 4 is 35.6 Å². The van der Waals surface area contributed by atoms with Crippen molar-refractivity contribution in [1.82, 2.24) is 21.3 Å². The highest BCUT2D eigenvalue weighted by atomic mass is 16.8. The Morgan fingerprint density at radius 1 is 0.350 bits per heavy atom. The van der Waals surface area contributed by atoms with E-state index in [0.29, 0.717) is 0 Å². The first-order valence-corrected chi connectivity index (χ1v) is 38.7. The number of carbonyl (C=O) groups is 6. The Labute approximate surface area is 694 Å². The lowest BCUT2D eigenvalue weighted by Crippen LogP contribution is -2.70. The van der Waals surface area contributed by atoms with E-state index in [4.69, 9.17) is 80.5 Å². The Kier molecular flexibility index (Phi) is 35.8. The molecule has 9 rings (SSSR count). The maximum atomic E-state index is 13.3. The van der Waals surface area contributed by atoms with Crippen molar-refractivity contribution < 1.29 is 252 Å². The van der Waals surface area contributed by atoms with Gasteiger partial charge in [-0.15, -0.1) is 0 Å². The highest BCUT2D eigenvalue weighted by Crippen LogP contribution is 2.42. The summed E-state index contributed by atoms with van der Waals surface area (Å²) in [6, 6.07) is -7.47. The number of carboxylic acids is 2. The van der Waals surface area contributed by atoms with Crippen LogP contribution in [0.1, 0.15) is 47.5 Å². The molecule has 9 aliphatic heterocycles. The Morgan fingerprint density at radius 2 is 0.691 bits per heavy atom. The van der Waals surface area contributed by atoms with Gasteiger partial charge in [0.25, 0.3) is 11.6 Å². The van der Waals surface area contributed by atoms with Crippen molar-refractivity contribution in [3.8, 4) is 0 Å². The van der Waals surface area contributed by atoms with Gasteiger partial charge in [0.1, 0.15) is 201 Å². The van der Waals surface area contributed by atoms with Gasteiger partial charge in [0.15, 0.2) is 44.0 Å². The molecule has 0 aliphatic carbocycles. The number of nitrogens with one attached hydrogen (secondary N) is 4. The predicted molar refractivity (Wildman–Crippen MR) is 376 cm³/mol. The zero-order valence-electron chi connectivity index (χ0n) is 66.0. The van der Waals surface area contributed by atoms with Crippen LogP contribution < -0.4 is 21.3 Å². The summed E-state index contributed by atoms with van der Waals surface area (Å²) in [5.41, 5.74) is 0. The normalized spacial score (nSPS) is 46.6. The molecule has 55 heteroatoms. The van der Waals surface area contributed by atoms with Crippen molar-refractivity contribution in [1.29, 1.82) is 0 Å². The molecule has 9 saturated heterocycles. The van der Waals surface area contributed by atoms with Crippen molar-refractivity contribution in [2.24, 2.45) is 0 Å². The molecule has 4 amide bonds. The third-order valence-corrected chi connectivity index (χ3v) is 22.3. The summed E-state index contributed by atoms with van der Waals surface area (Å²) in [6.45, 7) is -4.76. The molecular weight excluding hydrogens is 1690 g/mol. The Hall–Kier alpha value is -4.90. The second-order valence-electron chi connectivity index (χ2n) is 31.1. The van der Waals surface area contributed by atoms with Gasteiger partial charge in [0.05, 0.1) is 83.3 Å². The summed E-state index contributed by atoms with van der Waals surface area (Å²) >= 11 is 0. The van der Waals surface area contributed by atoms with Crippen LogP contribution in [-0.2, 0) is 109 Å². The van der Waals surface area contributed by atoms with Gasteiger partial charge in [-0.2, -0.15) is 0 Å². The van der Waals surface area contributed by atoms with Gasteiger partial charge in [-0.05, 0) is 6.92 Å². The van der Waals surface area contributed by atoms with E-state index in [1.807, 2.05) is 0 Å². The Morgan fingerprint density at radius 3 is 1.13 bits per heavy atom. The summed E-state index contributed by atoms with van der Waals surface area (Å²) in [5, 5.41) is 319. The van der Waals surface area contributed by atoms with E-state index in [1.54, 1.807) is 0 Å². The summed E-state index contributed by atoms with van der Waals surface area (Å²) in [6.07, 6.45) is -91.4. The number of aliphatic carboxylic acids is 2. The molecule has 32 N–H and O–H groups in total. The number of ether oxygens (including phenoxy) is 17. The zero-order chi connectivity index (χ0) is 91.4. The molecule has 2 unspecified atom stereocenters. The topological polar surface area (TPSA) is 874 Å². The van der Waals surface area contributed by atoms with Gasteiger partial charge < -0.3 is 245 Å².